The predicted molar refractivity (Wildman–Crippen MR) is 134 cm³/mol. The summed E-state index contributed by atoms with van der Waals surface area (Å²) in [6.45, 7) is 0.258. The van der Waals surface area contributed by atoms with Gasteiger partial charge in [-0.25, -0.2) is 10.4 Å². The fraction of sp³-hybridized carbons (Fsp3) is 0.125. The molecule has 10 heteroatoms. The Hall–Kier alpha value is -3.20. The van der Waals surface area contributed by atoms with Crippen LogP contribution in [0, 0.1) is 0 Å². The van der Waals surface area contributed by atoms with Gasteiger partial charge in [-0.2, -0.15) is 5.10 Å². The van der Waals surface area contributed by atoms with Crippen LogP contribution in [0.25, 0.3) is 11.1 Å². The second-order valence-corrected chi connectivity index (χ2v) is 8.73. The minimum Gasteiger partial charge on any atom is -0.493 e. The van der Waals surface area contributed by atoms with Crippen LogP contribution in [0.15, 0.2) is 75.4 Å². The van der Waals surface area contributed by atoms with Gasteiger partial charge in [-0.05, 0) is 48.0 Å². The molecule has 1 amide bonds. The molecule has 1 aromatic heterocycles. The van der Waals surface area contributed by atoms with Gasteiger partial charge in [0.1, 0.15) is 12.1 Å². The van der Waals surface area contributed by atoms with Gasteiger partial charge in [0.25, 0.3) is 11.1 Å². The normalized spacial score (nSPS) is 11.1. The molecule has 1 heterocycles. The van der Waals surface area contributed by atoms with Gasteiger partial charge in [0.2, 0.25) is 0 Å². The standard InChI is InChI=1S/C24H19Cl2N3O4S/c1-31-22-10-15(6-9-21(22)32-13-16-7-8-17(25)11-18(16)26)12-27-29-23(30)14-34-24-28-19-4-2-3-5-20(19)33-24/h2-12H,13-14H2,1H3,(H,29,30)/b27-12-. The third-order valence-electron chi connectivity index (χ3n) is 4.59. The molecule has 1 N–H and O–H groups in total. The zero-order valence-electron chi connectivity index (χ0n) is 18.0. The summed E-state index contributed by atoms with van der Waals surface area (Å²) in [5.74, 6) is 0.902. The Bertz CT molecular complexity index is 1310. The molecule has 0 radical (unpaired) electrons. The van der Waals surface area contributed by atoms with Gasteiger partial charge in [0.05, 0.1) is 19.1 Å². The highest BCUT2D eigenvalue weighted by atomic mass is 35.5. The molecule has 0 aliphatic heterocycles. The van der Waals surface area contributed by atoms with E-state index in [0.29, 0.717) is 32.4 Å². The van der Waals surface area contributed by atoms with E-state index in [1.54, 1.807) is 37.4 Å². The maximum atomic E-state index is 12.1. The third-order valence-corrected chi connectivity index (χ3v) is 6.00. The van der Waals surface area contributed by atoms with Crippen molar-refractivity contribution < 1.29 is 18.7 Å². The Kier molecular flexibility index (Phi) is 7.95. The summed E-state index contributed by atoms with van der Waals surface area (Å²) in [5.41, 5.74) is 5.45. The van der Waals surface area contributed by atoms with Crippen molar-refractivity contribution in [2.75, 3.05) is 12.9 Å². The van der Waals surface area contributed by atoms with E-state index >= 15 is 0 Å². The Morgan fingerprint density at radius 3 is 2.79 bits per heavy atom. The summed E-state index contributed by atoms with van der Waals surface area (Å²) in [6, 6.07) is 18.0. The highest BCUT2D eigenvalue weighted by Crippen LogP contribution is 2.30. The molecule has 0 bridgehead atoms. The quantitative estimate of drug-likeness (QED) is 0.168. The lowest BCUT2D eigenvalue weighted by molar-refractivity contribution is -0.118. The van der Waals surface area contributed by atoms with Gasteiger partial charge >= 0.3 is 0 Å². The van der Waals surface area contributed by atoms with E-state index in [1.807, 2.05) is 30.3 Å². The Balaban J connectivity index is 1.30. The summed E-state index contributed by atoms with van der Waals surface area (Å²) in [5, 5.41) is 5.52. The smallest absolute Gasteiger partial charge is 0.257 e. The largest absolute Gasteiger partial charge is 0.493 e. The molecule has 0 aliphatic rings. The maximum absolute atomic E-state index is 12.1. The summed E-state index contributed by atoms with van der Waals surface area (Å²) in [7, 11) is 1.55. The van der Waals surface area contributed by atoms with E-state index in [2.05, 4.69) is 15.5 Å². The number of thioether (sulfide) groups is 1. The zero-order valence-corrected chi connectivity index (χ0v) is 20.3. The molecule has 34 heavy (non-hydrogen) atoms. The number of hydrazone groups is 1. The average Bonchev–Trinajstić information content (AvgIpc) is 3.26. The summed E-state index contributed by atoms with van der Waals surface area (Å²) in [4.78, 5) is 16.4. The van der Waals surface area contributed by atoms with Crippen molar-refractivity contribution in [1.29, 1.82) is 0 Å². The number of nitrogens with zero attached hydrogens (tertiary/aromatic N) is 2. The number of amides is 1. The van der Waals surface area contributed by atoms with Crippen LogP contribution < -0.4 is 14.9 Å². The number of aromatic nitrogens is 1. The lowest BCUT2D eigenvalue weighted by atomic mass is 10.2. The fourth-order valence-corrected chi connectivity index (χ4v) is 4.02. The number of carbonyl (C=O) groups is 1. The van der Waals surface area contributed by atoms with Crippen LogP contribution in [-0.2, 0) is 11.4 Å². The number of carbonyl (C=O) groups excluding carboxylic acids is 1. The summed E-state index contributed by atoms with van der Waals surface area (Å²) in [6.07, 6.45) is 1.52. The number of hydrogen-bond donors (Lipinski definition) is 1. The first-order chi connectivity index (χ1) is 16.5. The second-order valence-electron chi connectivity index (χ2n) is 6.96. The SMILES string of the molecule is COc1cc(/C=N\NC(=O)CSc2nc3ccccc3o2)ccc1OCc1ccc(Cl)cc1Cl. The molecule has 174 valence electrons. The highest BCUT2D eigenvalue weighted by molar-refractivity contribution is 7.99. The lowest BCUT2D eigenvalue weighted by Gasteiger charge is -2.12. The number of oxazole rings is 1. The van der Waals surface area contributed by atoms with E-state index in [4.69, 9.17) is 37.1 Å². The van der Waals surface area contributed by atoms with Crippen LogP contribution in [0.3, 0.4) is 0 Å². The second kappa shape index (κ2) is 11.3. The van der Waals surface area contributed by atoms with Gasteiger partial charge in [-0.3, -0.25) is 4.79 Å². The van der Waals surface area contributed by atoms with E-state index in [-0.39, 0.29) is 18.3 Å². The molecular formula is C24H19Cl2N3O4S. The number of hydrogen-bond acceptors (Lipinski definition) is 7. The molecule has 0 saturated carbocycles. The van der Waals surface area contributed by atoms with Crippen molar-refractivity contribution >= 4 is 58.2 Å². The number of ether oxygens (including phenoxy) is 2. The third kappa shape index (κ3) is 6.22. The van der Waals surface area contributed by atoms with Crippen LogP contribution in [0.1, 0.15) is 11.1 Å². The Labute approximate surface area is 210 Å². The average molecular weight is 516 g/mol. The number of rotatable bonds is 9. The van der Waals surface area contributed by atoms with Gasteiger partial charge in [0, 0.05) is 15.6 Å². The minimum atomic E-state index is -0.282. The van der Waals surface area contributed by atoms with Gasteiger partial charge < -0.3 is 13.9 Å². The van der Waals surface area contributed by atoms with Crippen molar-refractivity contribution in [3.8, 4) is 11.5 Å². The van der Waals surface area contributed by atoms with E-state index in [9.17, 15) is 4.79 Å². The molecule has 3 aromatic carbocycles. The van der Waals surface area contributed by atoms with Crippen LogP contribution in [-0.4, -0.2) is 30.0 Å². The molecule has 7 nitrogen and oxygen atoms in total. The Morgan fingerprint density at radius 2 is 2.00 bits per heavy atom. The van der Waals surface area contributed by atoms with E-state index in [1.165, 1.54) is 18.0 Å². The van der Waals surface area contributed by atoms with E-state index < -0.39 is 0 Å². The molecule has 4 aromatic rings. The molecular weight excluding hydrogens is 497 g/mol. The lowest BCUT2D eigenvalue weighted by Crippen LogP contribution is -2.19. The number of methoxy groups -OCH3 is 1. The van der Waals surface area contributed by atoms with Crippen LogP contribution in [0.5, 0.6) is 11.5 Å². The fourth-order valence-electron chi connectivity index (χ4n) is 2.93. The van der Waals surface area contributed by atoms with Crippen molar-refractivity contribution in [2.24, 2.45) is 5.10 Å². The maximum Gasteiger partial charge on any atom is 0.257 e. The predicted octanol–water partition coefficient (Wildman–Crippen LogP) is 5.96. The van der Waals surface area contributed by atoms with Crippen molar-refractivity contribution in [3.63, 3.8) is 0 Å². The van der Waals surface area contributed by atoms with Crippen LogP contribution >= 0.6 is 35.0 Å². The van der Waals surface area contributed by atoms with Crippen LogP contribution in [0.4, 0.5) is 0 Å². The molecule has 0 unspecified atom stereocenters. The number of benzene rings is 3. The summed E-state index contributed by atoms with van der Waals surface area (Å²) >= 11 is 13.3. The van der Waals surface area contributed by atoms with Gasteiger partial charge in [0.15, 0.2) is 17.1 Å². The molecule has 0 fully saturated rings. The van der Waals surface area contributed by atoms with Crippen molar-refractivity contribution in [1.82, 2.24) is 10.4 Å². The van der Waals surface area contributed by atoms with Crippen LogP contribution in [0.2, 0.25) is 10.0 Å². The monoisotopic (exact) mass is 515 g/mol. The van der Waals surface area contributed by atoms with Gasteiger partial charge in [-0.1, -0.05) is 53.2 Å². The molecule has 0 saturated heterocycles. The first-order valence-electron chi connectivity index (χ1n) is 10.1. The molecule has 4 rings (SSSR count). The minimum absolute atomic E-state index is 0.119. The van der Waals surface area contributed by atoms with Crippen molar-refractivity contribution in [3.05, 3.63) is 81.8 Å². The van der Waals surface area contributed by atoms with Crippen molar-refractivity contribution in [2.45, 2.75) is 11.8 Å². The zero-order chi connectivity index (χ0) is 23.9. The first kappa shape index (κ1) is 23.9. The Morgan fingerprint density at radius 1 is 1.15 bits per heavy atom. The molecule has 0 aliphatic carbocycles. The number of halogens is 2. The topological polar surface area (TPSA) is 86.0 Å². The summed E-state index contributed by atoms with van der Waals surface area (Å²) < 4.78 is 16.8. The molecule has 0 atom stereocenters. The van der Waals surface area contributed by atoms with Gasteiger partial charge in [-0.15, -0.1) is 0 Å². The first-order valence-corrected chi connectivity index (χ1v) is 11.8. The van der Waals surface area contributed by atoms with E-state index in [0.717, 1.165) is 16.6 Å². The number of nitrogens with one attached hydrogen (secondary N) is 1. The molecule has 0 spiro atoms. The number of para-hydroxylation sites is 2. The highest BCUT2D eigenvalue weighted by Gasteiger charge is 2.10. The number of fused-ring (bicyclic) bond motifs is 1.